The molecule has 2 nitrogen and oxygen atoms in total. The monoisotopic (exact) mass is 307 g/mol. The molecular formula is C12H19F6NO. The van der Waals surface area contributed by atoms with Gasteiger partial charge in [-0.2, -0.15) is 26.3 Å². The van der Waals surface area contributed by atoms with Crippen LogP contribution in [0.2, 0.25) is 0 Å². The normalized spacial score (nSPS) is 32.7. The summed E-state index contributed by atoms with van der Waals surface area (Å²) in [6.07, 6.45) is -14.7. The summed E-state index contributed by atoms with van der Waals surface area (Å²) in [6.45, 7) is 3.54. The highest BCUT2D eigenvalue weighted by Gasteiger charge is 2.59. The van der Waals surface area contributed by atoms with Crippen LogP contribution in [0.5, 0.6) is 0 Å². The predicted molar refractivity (Wildman–Crippen MR) is 61.2 cm³/mol. The number of halogens is 6. The molecule has 1 aliphatic rings. The number of nitrogens with one attached hydrogen (secondary N) is 1. The second kappa shape index (κ2) is 6.09. The summed E-state index contributed by atoms with van der Waals surface area (Å²) < 4.78 is 79.7. The second-order valence-corrected chi connectivity index (χ2v) is 5.51. The molecule has 0 aromatic carbocycles. The lowest BCUT2D eigenvalue weighted by atomic mass is 9.78. The van der Waals surface area contributed by atoms with Gasteiger partial charge in [0.25, 0.3) is 0 Å². The third kappa shape index (κ3) is 4.25. The third-order valence-corrected chi connectivity index (χ3v) is 3.65. The summed E-state index contributed by atoms with van der Waals surface area (Å²) >= 11 is 0. The zero-order valence-corrected chi connectivity index (χ0v) is 11.5. The maximum absolute atomic E-state index is 12.5. The Kier molecular flexibility index (Phi) is 5.34. The molecule has 0 aromatic heterocycles. The Labute approximate surface area is 113 Å². The van der Waals surface area contributed by atoms with Crippen LogP contribution in [0, 0.1) is 11.8 Å². The molecule has 1 saturated carbocycles. The smallest absolute Gasteiger partial charge is 0.356 e. The first-order valence-corrected chi connectivity index (χ1v) is 6.43. The zero-order valence-electron chi connectivity index (χ0n) is 11.5. The molecule has 120 valence electrons. The van der Waals surface area contributed by atoms with Crippen LogP contribution in [0.4, 0.5) is 26.3 Å². The Balaban J connectivity index is 2.91. The number of hydrogen-bond donors (Lipinski definition) is 1. The number of alkyl halides is 6. The number of hydrogen-bond acceptors (Lipinski definition) is 2. The van der Waals surface area contributed by atoms with Crippen molar-refractivity contribution < 1.29 is 31.1 Å². The minimum absolute atomic E-state index is 0.234. The van der Waals surface area contributed by atoms with Crippen molar-refractivity contribution in [3.8, 4) is 0 Å². The van der Waals surface area contributed by atoms with E-state index in [2.05, 4.69) is 10.1 Å². The maximum atomic E-state index is 12.5. The summed E-state index contributed by atoms with van der Waals surface area (Å²) in [5, 5.41) is 2.76. The fraction of sp³-hybridized carbons (Fsp3) is 1.00. The highest BCUT2D eigenvalue weighted by molar-refractivity contribution is 4.90. The lowest BCUT2D eigenvalue weighted by molar-refractivity contribution is -0.337. The molecule has 0 heterocycles. The summed E-state index contributed by atoms with van der Waals surface area (Å²) in [5.41, 5.74) is 0. The van der Waals surface area contributed by atoms with Gasteiger partial charge in [-0.3, -0.25) is 0 Å². The molecule has 0 radical (unpaired) electrons. The van der Waals surface area contributed by atoms with Gasteiger partial charge in [0.05, 0.1) is 6.10 Å². The van der Waals surface area contributed by atoms with Gasteiger partial charge in [0.1, 0.15) is 0 Å². The van der Waals surface area contributed by atoms with Gasteiger partial charge in [0, 0.05) is 6.04 Å². The fourth-order valence-electron chi connectivity index (χ4n) is 2.84. The van der Waals surface area contributed by atoms with Crippen LogP contribution in [0.1, 0.15) is 26.7 Å². The number of ether oxygens (including phenoxy) is 1. The van der Waals surface area contributed by atoms with Gasteiger partial charge in [-0.15, -0.1) is 0 Å². The summed E-state index contributed by atoms with van der Waals surface area (Å²) in [7, 11) is 1.52. The van der Waals surface area contributed by atoms with Crippen molar-refractivity contribution in [3.63, 3.8) is 0 Å². The first-order valence-electron chi connectivity index (χ1n) is 6.43. The second-order valence-electron chi connectivity index (χ2n) is 5.51. The predicted octanol–water partition coefficient (Wildman–Crippen LogP) is 3.52. The summed E-state index contributed by atoms with van der Waals surface area (Å²) in [5.74, 6) is -0.138. The Morgan fingerprint density at radius 3 is 1.90 bits per heavy atom. The molecule has 4 atom stereocenters. The Hall–Kier alpha value is -0.500. The van der Waals surface area contributed by atoms with Crippen molar-refractivity contribution >= 4 is 0 Å². The van der Waals surface area contributed by atoms with Gasteiger partial charge in [0.2, 0.25) is 6.10 Å². The molecule has 20 heavy (non-hydrogen) atoms. The van der Waals surface area contributed by atoms with Crippen LogP contribution in [0.15, 0.2) is 0 Å². The first-order chi connectivity index (χ1) is 8.96. The standard InChI is InChI=1S/C12H19F6NO/c1-6-4-7(2)9(8(5-6)19-3)20-10(11(13,14)15)12(16,17)18/h6-10,19H,4-5H2,1-3H3. The Morgan fingerprint density at radius 1 is 1.00 bits per heavy atom. The molecule has 0 aliphatic heterocycles. The lowest BCUT2D eigenvalue weighted by Gasteiger charge is -2.41. The molecule has 0 saturated heterocycles. The van der Waals surface area contributed by atoms with Crippen molar-refractivity contribution in [2.24, 2.45) is 11.8 Å². The molecule has 0 spiro atoms. The van der Waals surface area contributed by atoms with Crippen LogP contribution in [-0.4, -0.2) is 37.7 Å². The molecule has 0 aromatic rings. The van der Waals surface area contributed by atoms with E-state index in [-0.39, 0.29) is 11.8 Å². The van der Waals surface area contributed by atoms with Crippen LogP contribution < -0.4 is 5.32 Å². The van der Waals surface area contributed by atoms with E-state index >= 15 is 0 Å². The molecule has 1 fully saturated rings. The number of rotatable bonds is 3. The Morgan fingerprint density at radius 2 is 1.50 bits per heavy atom. The zero-order chi connectivity index (χ0) is 15.7. The van der Waals surface area contributed by atoms with E-state index < -0.39 is 30.6 Å². The third-order valence-electron chi connectivity index (χ3n) is 3.65. The highest BCUT2D eigenvalue weighted by atomic mass is 19.4. The van der Waals surface area contributed by atoms with Gasteiger partial charge in [-0.25, -0.2) is 0 Å². The lowest BCUT2D eigenvalue weighted by Crippen LogP contribution is -2.54. The van der Waals surface area contributed by atoms with E-state index in [1.54, 1.807) is 6.92 Å². The SMILES string of the molecule is CNC1CC(C)CC(C)C1OC(C(F)(F)F)C(F)(F)F. The Bertz CT molecular complexity index is 302. The molecule has 0 bridgehead atoms. The first kappa shape index (κ1) is 17.6. The quantitative estimate of drug-likeness (QED) is 0.806. The van der Waals surface area contributed by atoms with E-state index in [1.165, 1.54) is 7.05 Å². The van der Waals surface area contributed by atoms with Crippen LogP contribution in [0.3, 0.4) is 0 Å². The number of likely N-dealkylation sites (N-methyl/N-ethyl adjacent to an activating group) is 1. The van der Waals surface area contributed by atoms with E-state index in [9.17, 15) is 26.3 Å². The van der Waals surface area contributed by atoms with Gasteiger partial charge in [-0.05, 0) is 31.7 Å². The average molecular weight is 307 g/mol. The van der Waals surface area contributed by atoms with E-state index in [4.69, 9.17) is 0 Å². The maximum Gasteiger partial charge on any atom is 0.423 e. The van der Waals surface area contributed by atoms with Crippen LogP contribution >= 0.6 is 0 Å². The minimum atomic E-state index is -5.46. The van der Waals surface area contributed by atoms with Crippen LogP contribution in [-0.2, 0) is 4.74 Å². The molecule has 1 rings (SSSR count). The van der Waals surface area contributed by atoms with Crippen molar-refractivity contribution in [3.05, 3.63) is 0 Å². The van der Waals surface area contributed by atoms with Crippen molar-refractivity contribution in [1.82, 2.24) is 5.32 Å². The fourth-order valence-corrected chi connectivity index (χ4v) is 2.84. The summed E-state index contributed by atoms with van der Waals surface area (Å²) in [4.78, 5) is 0. The van der Waals surface area contributed by atoms with Gasteiger partial charge in [-0.1, -0.05) is 13.8 Å². The average Bonchev–Trinajstić information content (AvgIpc) is 2.23. The van der Waals surface area contributed by atoms with Crippen LogP contribution in [0.25, 0.3) is 0 Å². The van der Waals surface area contributed by atoms with Gasteiger partial charge >= 0.3 is 12.4 Å². The molecule has 4 unspecified atom stereocenters. The summed E-state index contributed by atoms with van der Waals surface area (Å²) in [6, 6.07) is -0.513. The molecular weight excluding hydrogens is 288 g/mol. The van der Waals surface area contributed by atoms with E-state index in [0.717, 1.165) is 0 Å². The minimum Gasteiger partial charge on any atom is -0.356 e. The highest BCUT2D eigenvalue weighted by Crippen LogP contribution is 2.40. The molecule has 8 heteroatoms. The molecule has 1 N–H and O–H groups in total. The van der Waals surface area contributed by atoms with E-state index in [0.29, 0.717) is 12.8 Å². The van der Waals surface area contributed by atoms with Crippen molar-refractivity contribution in [1.29, 1.82) is 0 Å². The topological polar surface area (TPSA) is 21.3 Å². The van der Waals surface area contributed by atoms with Crippen molar-refractivity contribution in [2.75, 3.05) is 7.05 Å². The van der Waals surface area contributed by atoms with Gasteiger partial charge < -0.3 is 10.1 Å². The largest absolute Gasteiger partial charge is 0.423 e. The van der Waals surface area contributed by atoms with E-state index in [1.807, 2.05) is 6.92 Å². The molecule has 1 aliphatic carbocycles. The van der Waals surface area contributed by atoms with Crippen molar-refractivity contribution in [2.45, 2.75) is 57.3 Å². The van der Waals surface area contributed by atoms with Gasteiger partial charge in [0.15, 0.2) is 0 Å². The molecule has 0 amide bonds.